The second-order valence-electron chi connectivity index (χ2n) is 4.56. The van der Waals surface area contributed by atoms with Crippen molar-refractivity contribution >= 4 is 11.6 Å². The van der Waals surface area contributed by atoms with Crippen LogP contribution in [0.15, 0.2) is 18.2 Å². The van der Waals surface area contributed by atoms with Gasteiger partial charge in [0.25, 0.3) is 11.6 Å². The minimum absolute atomic E-state index is 0.0428. The first-order valence-corrected chi connectivity index (χ1v) is 6.14. The first-order chi connectivity index (χ1) is 9.40. The van der Waals surface area contributed by atoms with E-state index in [1.807, 2.05) is 0 Å². The van der Waals surface area contributed by atoms with E-state index in [4.69, 9.17) is 9.84 Å². The fourth-order valence-electron chi connectivity index (χ4n) is 1.57. The number of amides is 1. The van der Waals surface area contributed by atoms with E-state index in [2.05, 4.69) is 5.32 Å². The Morgan fingerprint density at radius 2 is 2.15 bits per heavy atom. The number of carbonyl (C=O) groups excluding carboxylic acids is 1. The van der Waals surface area contributed by atoms with Gasteiger partial charge in [0.05, 0.1) is 23.7 Å². The van der Waals surface area contributed by atoms with Gasteiger partial charge in [0.1, 0.15) is 5.75 Å². The Balaban J connectivity index is 2.95. The van der Waals surface area contributed by atoms with Gasteiger partial charge in [-0.25, -0.2) is 0 Å². The summed E-state index contributed by atoms with van der Waals surface area (Å²) < 4.78 is 5.01. The molecule has 0 aliphatic heterocycles. The van der Waals surface area contributed by atoms with Crippen molar-refractivity contribution in [3.05, 3.63) is 33.9 Å². The van der Waals surface area contributed by atoms with Gasteiger partial charge in [-0.1, -0.05) is 6.92 Å². The zero-order chi connectivity index (χ0) is 15.3. The fourth-order valence-corrected chi connectivity index (χ4v) is 1.57. The molecule has 20 heavy (non-hydrogen) atoms. The zero-order valence-corrected chi connectivity index (χ0v) is 11.6. The van der Waals surface area contributed by atoms with Crippen molar-refractivity contribution in [2.75, 3.05) is 13.7 Å². The summed E-state index contributed by atoms with van der Waals surface area (Å²) in [5, 5.41) is 22.4. The summed E-state index contributed by atoms with van der Waals surface area (Å²) in [5.74, 6) is -0.354. The van der Waals surface area contributed by atoms with E-state index in [1.165, 1.54) is 25.3 Å². The van der Waals surface area contributed by atoms with Gasteiger partial charge in [-0.05, 0) is 18.9 Å². The summed E-state index contributed by atoms with van der Waals surface area (Å²) in [4.78, 5) is 22.2. The first-order valence-electron chi connectivity index (χ1n) is 6.14. The molecule has 110 valence electrons. The average molecular weight is 282 g/mol. The number of benzene rings is 1. The van der Waals surface area contributed by atoms with Crippen LogP contribution >= 0.6 is 0 Å². The van der Waals surface area contributed by atoms with Gasteiger partial charge in [-0.2, -0.15) is 0 Å². The van der Waals surface area contributed by atoms with E-state index in [-0.39, 0.29) is 35.6 Å². The Morgan fingerprint density at radius 3 is 2.65 bits per heavy atom. The first kappa shape index (κ1) is 15.9. The number of hydrogen-bond acceptors (Lipinski definition) is 5. The van der Waals surface area contributed by atoms with Crippen LogP contribution in [0.1, 0.15) is 24.2 Å². The van der Waals surface area contributed by atoms with Crippen LogP contribution < -0.4 is 10.1 Å². The van der Waals surface area contributed by atoms with Crippen molar-refractivity contribution in [2.45, 2.75) is 19.9 Å². The highest BCUT2D eigenvalue weighted by Gasteiger charge is 2.20. The minimum Gasteiger partial charge on any atom is -0.496 e. The normalized spacial score (nSPS) is 13.4. The van der Waals surface area contributed by atoms with Crippen LogP contribution in [-0.4, -0.2) is 35.7 Å². The van der Waals surface area contributed by atoms with Gasteiger partial charge < -0.3 is 15.2 Å². The Morgan fingerprint density at radius 1 is 1.50 bits per heavy atom. The van der Waals surface area contributed by atoms with Crippen LogP contribution in [0.25, 0.3) is 0 Å². The van der Waals surface area contributed by atoms with Gasteiger partial charge >= 0.3 is 0 Å². The maximum absolute atomic E-state index is 12.1. The molecule has 1 rings (SSSR count). The lowest BCUT2D eigenvalue weighted by Crippen LogP contribution is -2.38. The van der Waals surface area contributed by atoms with Crippen LogP contribution in [0.5, 0.6) is 5.75 Å². The summed E-state index contributed by atoms with van der Waals surface area (Å²) in [6, 6.07) is 3.57. The monoisotopic (exact) mass is 282 g/mol. The molecule has 2 N–H and O–H groups in total. The number of nitro groups is 1. The Labute approximate surface area is 116 Å². The number of ether oxygens (including phenoxy) is 1. The minimum atomic E-state index is -0.555. The molecule has 7 nitrogen and oxygen atoms in total. The highest BCUT2D eigenvalue weighted by Crippen LogP contribution is 2.24. The number of aliphatic hydroxyl groups excluding tert-OH is 1. The standard InChI is InChI=1S/C13H18N2O5/c1-8(7-16)9(2)14-13(17)11-5-4-10(15(18)19)6-12(11)20-3/h4-6,8-9,16H,7H2,1-3H3,(H,14,17). The third-order valence-electron chi connectivity index (χ3n) is 3.14. The van der Waals surface area contributed by atoms with Gasteiger partial charge in [-0.3, -0.25) is 14.9 Å². The predicted molar refractivity (Wildman–Crippen MR) is 72.8 cm³/mol. The zero-order valence-electron chi connectivity index (χ0n) is 11.6. The van der Waals surface area contributed by atoms with E-state index >= 15 is 0 Å². The van der Waals surface area contributed by atoms with Crippen LogP contribution in [0.4, 0.5) is 5.69 Å². The van der Waals surface area contributed by atoms with Crippen molar-refractivity contribution in [1.82, 2.24) is 5.32 Å². The number of nitrogens with zero attached hydrogens (tertiary/aromatic N) is 1. The molecule has 1 aromatic carbocycles. The molecule has 0 spiro atoms. The highest BCUT2D eigenvalue weighted by atomic mass is 16.6. The van der Waals surface area contributed by atoms with Crippen LogP contribution in [0.3, 0.4) is 0 Å². The topological polar surface area (TPSA) is 102 Å². The van der Waals surface area contributed by atoms with Crippen molar-refractivity contribution < 1.29 is 19.6 Å². The van der Waals surface area contributed by atoms with Crippen molar-refractivity contribution in [3.8, 4) is 5.75 Å². The lowest BCUT2D eigenvalue weighted by atomic mass is 10.0. The molecular formula is C13H18N2O5. The molecule has 2 atom stereocenters. The lowest BCUT2D eigenvalue weighted by molar-refractivity contribution is -0.384. The van der Waals surface area contributed by atoms with E-state index in [0.29, 0.717) is 0 Å². The molecular weight excluding hydrogens is 264 g/mol. The third-order valence-corrected chi connectivity index (χ3v) is 3.14. The summed E-state index contributed by atoms with van der Waals surface area (Å²) >= 11 is 0. The molecule has 1 aromatic rings. The van der Waals surface area contributed by atoms with E-state index in [0.717, 1.165) is 0 Å². The summed E-state index contributed by atoms with van der Waals surface area (Å²) in [6.45, 7) is 3.54. The van der Waals surface area contributed by atoms with Crippen molar-refractivity contribution in [3.63, 3.8) is 0 Å². The Bertz CT molecular complexity index is 504. The molecule has 0 saturated carbocycles. The maximum Gasteiger partial charge on any atom is 0.273 e. The third kappa shape index (κ3) is 3.67. The lowest BCUT2D eigenvalue weighted by Gasteiger charge is -2.19. The van der Waals surface area contributed by atoms with Crippen LogP contribution in [-0.2, 0) is 0 Å². The summed E-state index contributed by atoms with van der Waals surface area (Å²) in [6.07, 6.45) is 0. The molecule has 0 aromatic heterocycles. The highest BCUT2D eigenvalue weighted by molar-refractivity contribution is 5.97. The summed E-state index contributed by atoms with van der Waals surface area (Å²) in [5.41, 5.74) is 0.0743. The van der Waals surface area contributed by atoms with Gasteiger partial charge in [0.15, 0.2) is 0 Å². The quantitative estimate of drug-likeness (QED) is 0.605. The smallest absolute Gasteiger partial charge is 0.273 e. The molecule has 0 saturated heterocycles. The van der Waals surface area contributed by atoms with Crippen molar-refractivity contribution in [1.29, 1.82) is 0 Å². The number of non-ortho nitro benzene ring substituents is 1. The van der Waals surface area contributed by atoms with Crippen LogP contribution in [0, 0.1) is 16.0 Å². The summed E-state index contributed by atoms with van der Waals surface area (Å²) in [7, 11) is 1.34. The molecule has 0 aliphatic rings. The molecule has 0 heterocycles. The number of carbonyl (C=O) groups is 1. The second kappa shape index (κ2) is 6.85. The van der Waals surface area contributed by atoms with Gasteiger partial charge in [-0.15, -0.1) is 0 Å². The number of hydrogen-bond donors (Lipinski definition) is 2. The van der Waals surface area contributed by atoms with Gasteiger partial charge in [0, 0.05) is 18.7 Å². The average Bonchev–Trinajstić information content (AvgIpc) is 2.45. The largest absolute Gasteiger partial charge is 0.496 e. The Hall–Kier alpha value is -2.15. The molecule has 0 aliphatic carbocycles. The van der Waals surface area contributed by atoms with E-state index < -0.39 is 10.8 Å². The number of nitrogens with one attached hydrogen (secondary N) is 1. The molecule has 0 bridgehead atoms. The molecule has 1 amide bonds. The number of aliphatic hydroxyl groups is 1. The maximum atomic E-state index is 12.1. The molecule has 7 heteroatoms. The van der Waals surface area contributed by atoms with E-state index in [9.17, 15) is 14.9 Å². The molecule has 2 unspecified atom stereocenters. The van der Waals surface area contributed by atoms with Crippen LogP contribution in [0.2, 0.25) is 0 Å². The second-order valence-corrected chi connectivity index (χ2v) is 4.56. The molecule has 0 radical (unpaired) electrons. The Kier molecular flexibility index (Phi) is 5.45. The van der Waals surface area contributed by atoms with E-state index in [1.54, 1.807) is 13.8 Å². The van der Waals surface area contributed by atoms with Crippen molar-refractivity contribution in [2.24, 2.45) is 5.92 Å². The number of nitro benzene ring substituents is 1. The SMILES string of the molecule is COc1cc([N+](=O)[O-])ccc1C(=O)NC(C)C(C)CO. The van der Waals surface area contributed by atoms with Gasteiger partial charge in [0.2, 0.25) is 0 Å². The number of methoxy groups -OCH3 is 1. The molecule has 0 fully saturated rings. The number of rotatable bonds is 6. The predicted octanol–water partition coefficient (Wildman–Crippen LogP) is 1.35. The fraction of sp³-hybridized carbons (Fsp3) is 0.462.